The first-order valence-electron chi connectivity index (χ1n) is 12.7. The molecule has 0 bridgehead atoms. The lowest BCUT2D eigenvalue weighted by Crippen LogP contribution is -2.50. The Hall–Kier alpha value is -2.86. The van der Waals surface area contributed by atoms with E-state index in [1.165, 1.54) is 25.7 Å². The Morgan fingerprint density at radius 2 is 2.03 bits per heavy atom. The summed E-state index contributed by atoms with van der Waals surface area (Å²) in [5, 5.41) is 11.6. The van der Waals surface area contributed by atoms with Crippen LogP contribution >= 0.6 is 0 Å². The number of nitrogens with two attached hydrogens (primary N) is 2. The van der Waals surface area contributed by atoms with Crippen molar-refractivity contribution in [1.82, 2.24) is 5.32 Å². The number of hydrogen-bond donors (Lipinski definition) is 4. The molecule has 3 atom stereocenters. The third-order valence-electron chi connectivity index (χ3n) is 7.56. The van der Waals surface area contributed by atoms with Gasteiger partial charge in [-0.1, -0.05) is 43.5 Å². The van der Waals surface area contributed by atoms with Gasteiger partial charge < -0.3 is 21.7 Å². The molecule has 2 aliphatic rings. The third-order valence-corrected chi connectivity index (χ3v) is 7.56. The minimum Gasteiger partial charge on any atom is -0.399 e. The first kappa shape index (κ1) is 24.3. The highest BCUT2D eigenvalue weighted by molar-refractivity contribution is 6.02. The zero-order chi connectivity index (χ0) is 24.3. The van der Waals surface area contributed by atoms with E-state index in [1.807, 2.05) is 47.4 Å². The van der Waals surface area contributed by atoms with Gasteiger partial charge in [0.15, 0.2) is 0 Å². The second-order valence-corrected chi connectivity index (χ2v) is 10.5. The van der Waals surface area contributed by atoms with Crippen molar-refractivity contribution in [3.8, 4) is 0 Å². The molecule has 6 N–H and O–H groups in total. The Morgan fingerprint density at radius 1 is 1.21 bits per heavy atom. The zero-order valence-electron chi connectivity index (χ0n) is 20.6. The van der Waals surface area contributed by atoms with Crippen LogP contribution in [0.4, 0.5) is 11.4 Å². The van der Waals surface area contributed by atoms with E-state index >= 15 is 0 Å². The number of benzene rings is 2. The van der Waals surface area contributed by atoms with Crippen molar-refractivity contribution in [2.75, 3.05) is 17.2 Å². The normalized spacial score (nSPS) is 24.6. The highest BCUT2D eigenvalue weighted by Gasteiger charge is 2.34. The van der Waals surface area contributed by atoms with E-state index in [1.54, 1.807) is 0 Å². The lowest BCUT2D eigenvalue weighted by molar-refractivity contribution is -0.120. The average molecular weight is 462 g/mol. The number of nitrogen functional groups attached to an aromatic ring is 2. The average Bonchev–Trinajstić information content (AvgIpc) is 2.80. The first-order chi connectivity index (χ1) is 16.3. The molecule has 2 aromatic carbocycles. The molecule has 4 rings (SSSR count). The molecular weight excluding hydrogens is 422 g/mol. The van der Waals surface area contributed by atoms with Gasteiger partial charge in [0, 0.05) is 35.1 Å². The predicted molar refractivity (Wildman–Crippen MR) is 140 cm³/mol. The molecule has 0 spiro atoms. The van der Waals surface area contributed by atoms with Crippen LogP contribution in [-0.2, 0) is 11.2 Å². The van der Waals surface area contributed by atoms with Gasteiger partial charge in [0.2, 0.25) is 5.91 Å². The number of hydrogen-bond acceptors (Lipinski definition) is 4. The summed E-state index contributed by atoms with van der Waals surface area (Å²) in [5.74, 6) is -0.151. The number of rotatable bonds is 8. The van der Waals surface area contributed by atoms with E-state index in [9.17, 15) is 4.79 Å². The van der Waals surface area contributed by atoms with E-state index < -0.39 is 0 Å². The monoisotopic (exact) mass is 461 g/mol. The number of unbranched alkanes of at least 4 members (excludes halogenated alkanes) is 2. The second-order valence-electron chi connectivity index (χ2n) is 10.5. The van der Waals surface area contributed by atoms with Gasteiger partial charge in [-0.05, 0) is 75.3 Å². The van der Waals surface area contributed by atoms with Crippen molar-refractivity contribution in [1.29, 1.82) is 5.41 Å². The first-order valence-corrected chi connectivity index (χ1v) is 12.7. The fourth-order valence-electron chi connectivity index (χ4n) is 5.73. The number of fused-ring (bicyclic) bond motifs is 1. The summed E-state index contributed by atoms with van der Waals surface area (Å²) >= 11 is 0. The van der Waals surface area contributed by atoms with Gasteiger partial charge in [-0.3, -0.25) is 10.2 Å². The van der Waals surface area contributed by atoms with Crippen molar-refractivity contribution in [2.24, 2.45) is 5.73 Å². The Labute approximate surface area is 203 Å². The molecule has 2 aromatic rings. The van der Waals surface area contributed by atoms with E-state index in [0.29, 0.717) is 30.3 Å². The fraction of sp³-hybridized carbons (Fsp3) is 0.500. The van der Waals surface area contributed by atoms with Gasteiger partial charge in [-0.15, -0.1) is 0 Å². The van der Waals surface area contributed by atoms with Crippen molar-refractivity contribution >= 4 is 23.1 Å². The van der Waals surface area contributed by atoms with Crippen LogP contribution in [-0.4, -0.2) is 29.9 Å². The summed E-state index contributed by atoms with van der Waals surface area (Å²) in [4.78, 5) is 15.6. The Bertz CT molecular complexity index is 1050. The van der Waals surface area contributed by atoms with E-state index in [4.69, 9.17) is 16.9 Å². The molecule has 1 unspecified atom stereocenters. The van der Waals surface area contributed by atoms with Gasteiger partial charge in [0.25, 0.3) is 0 Å². The standard InChI is InChI=1S/C28H39N5O/c1-19-8-7-14-28(2,32-19)13-4-3-5-15-33-25-18-23(29)12-11-21(25)17-24(27(33)34)20-9-6-10-22(16-20)26(30)31/h6,9-12,16,18-19,24,32H,3-5,7-8,13-15,17,29H2,1-2H3,(H3,30,31)/t19-,24?,28+/m0/s1. The Kier molecular flexibility index (Phi) is 7.27. The number of amides is 1. The van der Waals surface area contributed by atoms with Crippen LogP contribution in [0.2, 0.25) is 0 Å². The molecule has 2 heterocycles. The molecule has 1 fully saturated rings. The molecule has 34 heavy (non-hydrogen) atoms. The summed E-state index contributed by atoms with van der Waals surface area (Å²) in [6.45, 7) is 5.33. The smallest absolute Gasteiger partial charge is 0.234 e. The Balaban J connectivity index is 1.45. The zero-order valence-corrected chi connectivity index (χ0v) is 20.6. The van der Waals surface area contributed by atoms with Crippen LogP contribution < -0.4 is 21.7 Å². The molecule has 6 nitrogen and oxygen atoms in total. The number of anilines is 2. The van der Waals surface area contributed by atoms with Gasteiger partial charge in [-0.2, -0.15) is 0 Å². The molecule has 2 aliphatic heterocycles. The second kappa shape index (κ2) is 10.2. The number of nitrogens with zero attached hydrogens (tertiary/aromatic N) is 1. The summed E-state index contributed by atoms with van der Waals surface area (Å²) in [6, 6.07) is 14.0. The SMILES string of the molecule is C[C@H]1CCC[C@@](C)(CCCCCN2C(=O)C(c3cccc(C(=N)N)c3)Cc3ccc(N)cc32)N1. The highest BCUT2D eigenvalue weighted by atomic mass is 16.2. The topological polar surface area (TPSA) is 108 Å². The molecule has 1 amide bonds. The largest absolute Gasteiger partial charge is 0.399 e. The quantitative estimate of drug-likeness (QED) is 0.198. The van der Waals surface area contributed by atoms with Crippen molar-refractivity contribution in [2.45, 2.75) is 82.7 Å². The predicted octanol–water partition coefficient (Wildman–Crippen LogP) is 4.71. The summed E-state index contributed by atoms with van der Waals surface area (Å²) in [6.07, 6.45) is 8.85. The summed E-state index contributed by atoms with van der Waals surface area (Å²) < 4.78 is 0. The molecule has 1 saturated heterocycles. The molecule has 0 radical (unpaired) electrons. The van der Waals surface area contributed by atoms with Gasteiger partial charge in [0.05, 0.1) is 5.92 Å². The van der Waals surface area contributed by atoms with Crippen molar-refractivity contribution in [3.63, 3.8) is 0 Å². The van der Waals surface area contributed by atoms with Crippen LogP contribution in [0.25, 0.3) is 0 Å². The van der Waals surface area contributed by atoms with Crippen LogP contribution in [0, 0.1) is 5.41 Å². The molecule has 0 aliphatic carbocycles. The lowest BCUT2D eigenvalue weighted by Gasteiger charge is -2.39. The third kappa shape index (κ3) is 5.44. The van der Waals surface area contributed by atoms with Crippen LogP contribution in [0.1, 0.15) is 81.4 Å². The minimum absolute atomic E-state index is 0.0192. The summed E-state index contributed by atoms with van der Waals surface area (Å²) in [5.41, 5.74) is 16.4. The van der Waals surface area contributed by atoms with E-state index in [-0.39, 0.29) is 23.2 Å². The number of carbonyl (C=O) groups is 1. The van der Waals surface area contributed by atoms with Crippen molar-refractivity contribution < 1.29 is 4.79 Å². The molecule has 6 heteroatoms. The Morgan fingerprint density at radius 3 is 2.79 bits per heavy atom. The van der Waals surface area contributed by atoms with E-state index in [0.717, 1.165) is 36.1 Å². The number of carbonyl (C=O) groups excluding carboxylic acids is 1. The molecule has 0 saturated carbocycles. The van der Waals surface area contributed by atoms with Crippen molar-refractivity contribution in [3.05, 3.63) is 59.2 Å². The highest BCUT2D eigenvalue weighted by Crippen LogP contribution is 2.37. The molecule has 0 aromatic heterocycles. The van der Waals surface area contributed by atoms with Gasteiger partial charge >= 0.3 is 0 Å². The molecule has 182 valence electrons. The summed E-state index contributed by atoms with van der Waals surface area (Å²) in [7, 11) is 0. The van der Waals surface area contributed by atoms with Gasteiger partial charge in [-0.25, -0.2) is 0 Å². The fourth-order valence-corrected chi connectivity index (χ4v) is 5.73. The maximum absolute atomic E-state index is 13.7. The van der Waals surface area contributed by atoms with Crippen LogP contribution in [0.5, 0.6) is 0 Å². The van der Waals surface area contributed by atoms with Crippen LogP contribution in [0.15, 0.2) is 42.5 Å². The van der Waals surface area contributed by atoms with Gasteiger partial charge in [0.1, 0.15) is 5.84 Å². The maximum Gasteiger partial charge on any atom is 0.234 e. The maximum atomic E-state index is 13.7. The number of amidine groups is 1. The number of piperidine rings is 1. The number of nitrogens with one attached hydrogen (secondary N) is 2. The van der Waals surface area contributed by atoms with Crippen LogP contribution in [0.3, 0.4) is 0 Å². The minimum atomic E-state index is -0.276. The lowest BCUT2D eigenvalue weighted by atomic mass is 9.83. The molecular formula is C28H39N5O. The van der Waals surface area contributed by atoms with E-state index in [2.05, 4.69) is 19.2 Å².